The van der Waals surface area contributed by atoms with E-state index in [1.807, 2.05) is 0 Å². The van der Waals surface area contributed by atoms with Crippen molar-refractivity contribution in [2.24, 2.45) is 0 Å². The number of ether oxygens (including phenoxy) is 1. The molecule has 16 heavy (non-hydrogen) atoms. The summed E-state index contributed by atoms with van der Waals surface area (Å²) in [4.78, 5) is 10.8. The number of benzene rings is 1. The fourth-order valence-electron chi connectivity index (χ4n) is 1.15. The van der Waals surface area contributed by atoms with E-state index in [-0.39, 0.29) is 0 Å². The molecule has 0 spiro atoms. The van der Waals surface area contributed by atoms with E-state index in [2.05, 4.69) is 0 Å². The van der Waals surface area contributed by atoms with Crippen LogP contribution in [0.3, 0.4) is 0 Å². The van der Waals surface area contributed by atoms with Gasteiger partial charge in [0, 0.05) is 0 Å². The molecule has 4 heteroatoms. The molecule has 0 heterocycles. The first kappa shape index (κ1) is 12.5. The molecule has 0 saturated carbocycles. The van der Waals surface area contributed by atoms with Crippen LogP contribution in [0.2, 0.25) is 0 Å². The number of carboxylic acids is 1. The molecule has 0 bridgehead atoms. The first-order chi connectivity index (χ1) is 7.33. The summed E-state index contributed by atoms with van der Waals surface area (Å²) >= 11 is 0. The Hall–Kier alpha value is -1.55. The molecule has 2 N–H and O–H groups in total. The van der Waals surface area contributed by atoms with Crippen LogP contribution in [-0.4, -0.2) is 21.8 Å². The third-order valence-electron chi connectivity index (χ3n) is 2.25. The largest absolute Gasteiger partial charge is 0.478 e. The molecule has 0 radical (unpaired) electrons. The van der Waals surface area contributed by atoms with Crippen LogP contribution in [-0.2, 0) is 4.79 Å². The summed E-state index contributed by atoms with van der Waals surface area (Å²) in [6, 6.07) is 6.70. The second-order valence-corrected chi connectivity index (χ2v) is 4.16. The predicted molar refractivity (Wildman–Crippen MR) is 59.4 cm³/mol. The maximum Gasteiger partial charge on any atom is 0.347 e. The van der Waals surface area contributed by atoms with Gasteiger partial charge in [-0.1, -0.05) is 12.1 Å². The van der Waals surface area contributed by atoms with Crippen LogP contribution in [0.4, 0.5) is 0 Å². The number of hydrogen-bond donors (Lipinski definition) is 2. The number of carbonyl (C=O) groups is 1. The van der Waals surface area contributed by atoms with Gasteiger partial charge in [-0.05, 0) is 38.5 Å². The molecule has 1 aromatic rings. The second kappa shape index (κ2) is 4.53. The summed E-state index contributed by atoms with van der Waals surface area (Å²) in [6.45, 7) is 4.63. The molecule has 1 atom stereocenters. The lowest BCUT2D eigenvalue weighted by atomic mass is 10.1. The summed E-state index contributed by atoms with van der Waals surface area (Å²) in [5.74, 6) is -0.552. The number of aliphatic hydroxyl groups is 1. The van der Waals surface area contributed by atoms with Crippen LogP contribution >= 0.6 is 0 Å². The second-order valence-electron chi connectivity index (χ2n) is 4.16. The Bertz CT molecular complexity index is 365. The molecule has 1 aromatic carbocycles. The van der Waals surface area contributed by atoms with Gasteiger partial charge < -0.3 is 14.9 Å². The van der Waals surface area contributed by atoms with Crippen molar-refractivity contribution >= 4 is 5.97 Å². The summed E-state index contributed by atoms with van der Waals surface area (Å²) in [6.07, 6.45) is -0.540. The molecule has 1 rings (SSSR count). The SMILES string of the molecule is CC(O)c1ccc(OC(C)(C)C(=O)O)cc1. The first-order valence-corrected chi connectivity index (χ1v) is 5.03. The van der Waals surface area contributed by atoms with E-state index in [9.17, 15) is 9.90 Å². The zero-order valence-electron chi connectivity index (χ0n) is 9.60. The van der Waals surface area contributed by atoms with Crippen LogP contribution in [0.5, 0.6) is 5.75 Å². The molecule has 0 amide bonds. The van der Waals surface area contributed by atoms with Gasteiger partial charge >= 0.3 is 5.97 Å². The summed E-state index contributed by atoms with van der Waals surface area (Å²) in [5, 5.41) is 18.2. The summed E-state index contributed by atoms with van der Waals surface area (Å²) in [5.41, 5.74) is -0.493. The van der Waals surface area contributed by atoms with E-state index in [1.54, 1.807) is 31.2 Å². The highest BCUT2D eigenvalue weighted by Gasteiger charge is 2.29. The van der Waals surface area contributed by atoms with Gasteiger partial charge in [0.2, 0.25) is 0 Å². The Labute approximate surface area is 94.5 Å². The minimum atomic E-state index is -1.26. The average molecular weight is 224 g/mol. The van der Waals surface area contributed by atoms with Gasteiger partial charge in [0.1, 0.15) is 5.75 Å². The average Bonchev–Trinajstić information content (AvgIpc) is 2.17. The van der Waals surface area contributed by atoms with Crippen LogP contribution in [0.1, 0.15) is 32.4 Å². The Kier molecular flexibility index (Phi) is 3.55. The highest BCUT2D eigenvalue weighted by atomic mass is 16.5. The third-order valence-corrected chi connectivity index (χ3v) is 2.25. The normalized spacial score (nSPS) is 13.2. The molecular weight excluding hydrogens is 208 g/mol. The van der Waals surface area contributed by atoms with Crippen molar-refractivity contribution in [3.8, 4) is 5.75 Å². The van der Waals surface area contributed by atoms with Crippen molar-refractivity contribution in [3.05, 3.63) is 29.8 Å². The maximum absolute atomic E-state index is 10.8. The topological polar surface area (TPSA) is 66.8 Å². The predicted octanol–water partition coefficient (Wildman–Crippen LogP) is 1.98. The quantitative estimate of drug-likeness (QED) is 0.820. The number of carboxylic acid groups (broad SMARTS) is 1. The van der Waals surface area contributed by atoms with Crippen molar-refractivity contribution in [1.82, 2.24) is 0 Å². The van der Waals surface area contributed by atoms with Crippen molar-refractivity contribution in [2.75, 3.05) is 0 Å². The van der Waals surface area contributed by atoms with E-state index in [4.69, 9.17) is 9.84 Å². The Morgan fingerprint density at radius 1 is 1.31 bits per heavy atom. The lowest BCUT2D eigenvalue weighted by molar-refractivity contribution is -0.152. The molecule has 0 aliphatic heterocycles. The zero-order valence-corrected chi connectivity index (χ0v) is 9.60. The Morgan fingerprint density at radius 3 is 2.19 bits per heavy atom. The molecule has 0 aliphatic rings. The highest BCUT2D eigenvalue weighted by molar-refractivity contribution is 5.76. The van der Waals surface area contributed by atoms with Gasteiger partial charge in [-0.3, -0.25) is 0 Å². The molecule has 0 aliphatic carbocycles. The van der Waals surface area contributed by atoms with Crippen molar-refractivity contribution in [1.29, 1.82) is 0 Å². The molecular formula is C12H16O4. The van der Waals surface area contributed by atoms with Gasteiger partial charge in [0.05, 0.1) is 6.10 Å². The summed E-state index contributed by atoms with van der Waals surface area (Å²) < 4.78 is 5.32. The van der Waals surface area contributed by atoms with E-state index >= 15 is 0 Å². The van der Waals surface area contributed by atoms with Gasteiger partial charge in [-0.25, -0.2) is 4.79 Å². The highest BCUT2D eigenvalue weighted by Crippen LogP contribution is 2.21. The van der Waals surface area contributed by atoms with Gasteiger partial charge in [0.15, 0.2) is 5.60 Å². The minimum Gasteiger partial charge on any atom is -0.478 e. The van der Waals surface area contributed by atoms with Gasteiger partial charge in [0.25, 0.3) is 0 Å². The van der Waals surface area contributed by atoms with E-state index in [1.165, 1.54) is 13.8 Å². The van der Waals surface area contributed by atoms with E-state index < -0.39 is 17.7 Å². The number of rotatable bonds is 4. The number of hydrogen-bond acceptors (Lipinski definition) is 3. The van der Waals surface area contributed by atoms with E-state index in [0.29, 0.717) is 5.75 Å². The molecule has 4 nitrogen and oxygen atoms in total. The fraction of sp³-hybridized carbons (Fsp3) is 0.417. The van der Waals surface area contributed by atoms with Crippen LogP contribution in [0.25, 0.3) is 0 Å². The monoisotopic (exact) mass is 224 g/mol. The lowest BCUT2D eigenvalue weighted by Gasteiger charge is -2.21. The first-order valence-electron chi connectivity index (χ1n) is 5.03. The van der Waals surface area contributed by atoms with Crippen LogP contribution in [0.15, 0.2) is 24.3 Å². The van der Waals surface area contributed by atoms with Crippen LogP contribution in [0, 0.1) is 0 Å². The number of aliphatic carboxylic acids is 1. The Morgan fingerprint density at radius 2 is 1.81 bits per heavy atom. The minimum absolute atomic E-state index is 0.469. The van der Waals surface area contributed by atoms with Crippen molar-refractivity contribution in [3.63, 3.8) is 0 Å². The zero-order chi connectivity index (χ0) is 12.3. The van der Waals surface area contributed by atoms with Gasteiger partial charge in [-0.2, -0.15) is 0 Å². The maximum atomic E-state index is 10.8. The molecule has 0 fully saturated rings. The molecule has 0 aromatic heterocycles. The molecule has 1 unspecified atom stereocenters. The van der Waals surface area contributed by atoms with Crippen LogP contribution < -0.4 is 4.74 Å². The van der Waals surface area contributed by atoms with Gasteiger partial charge in [-0.15, -0.1) is 0 Å². The van der Waals surface area contributed by atoms with E-state index in [0.717, 1.165) is 5.56 Å². The lowest BCUT2D eigenvalue weighted by Crippen LogP contribution is -2.37. The van der Waals surface area contributed by atoms with Crippen molar-refractivity contribution < 1.29 is 19.7 Å². The fourth-order valence-corrected chi connectivity index (χ4v) is 1.15. The summed E-state index contributed by atoms with van der Waals surface area (Å²) in [7, 11) is 0. The Balaban J connectivity index is 2.80. The standard InChI is InChI=1S/C12H16O4/c1-8(13)9-4-6-10(7-5-9)16-12(2,3)11(14)15/h4-8,13H,1-3H3,(H,14,15). The molecule has 0 saturated heterocycles. The van der Waals surface area contributed by atoms with Crippen molar-refractivity contribution in [2.45, 2.75) is 32.5 Å². The molecule has 88 valence electrons. The number of aliphatic hydroxyl groups excluding tert-OH is 1. The smallest absolute Gasteiger partial charge is 0.347 e. The third kappa shape index (κ3) is 2.97.